The molecule has 2 aromatic carbocycles. The summed E-state index contributed by atoms with van der Waals surface area (Å²) in [5, 5.41) is 12.7. The Labute approximate surface area is 162 Å². The summed E-state index contributed by atoms with van der Waals surface area (Å²) in [7, 11) is -4.05. The van der Waals surface area contributed by atoms with Crippen LogP contribution in [0.25, 0.3) is 10.8 Å². The van der Waals surface area contributed by atoms with Crippen LogP contribution >= 0.6 is 0 Å². The van der Waals surface area contributed by atoms with Gasteiger partial charge in [0, 0.05) is 19.4 Å². The van der Waals surface area contributed by atoms with Crippen LogP contribution in [0, 0.1) is 0 Å². The Hall–Kier alpha value is -2.98. The predicted octanol–water partition coefficient (Wildman–Crippen LogP) is 0.343. The molecule has 2 rings (SSSR count). The third-order valence-corrected chi connectivity index (χ3v) is 5.32. The van der Waals surface area contributed by atoms with Crippen molar-refractivity contribution in [3.05, 3.63) is 42.5 Å². The maximum absolute atomic E-state index is 12.3. The molecule has 150 valence electrons. The lowest BCUT2D eigenvalue weighted by molar-refractivity contribution is -0.138. The number of carboxylic acid groups (broad SMARTS) is 1. The van der Waals surface area contributed by atoms with Crippen molar-refractivity contribution in [3.8, 4) is 0 Å². The van der Waals surface area contributed by atoms with Gasteiger partial charge in [-0.1, -0.05) is 30.3 Å². The first-order chi connectivity index (χ1) is 13.2. The Morgan fingerprint density at radius 1 is 1.00 bits per heavy atom. The van der Waals surface area contributed by atoms with Gasteiger partial charge in [-0.3, -0.25) is 14.4 Å². The number of hydrogen-bond donors (Lipinski definition) is 4. The summed E-state index contributed by atoms with van der Waals surface area (Å²) < 4.78 is 26.6. The molecule has 5 N–H and O–H groups in total. The molecule has 1 atom stereocenters. The van der Waals surface area contributed by atoms with Crippen molar-refractivity contribution in [3.63, 3.8) is 0 Å². The van der Waals surface area contributed by atoms with Crippen molar-refractivity contribution in [1.82, 2.24) is 10.0 Å². The van der Waals surface area contributed by atoms with Crippen molar-refractivity contribution in [2.75, 3.05) is 6.54 Å². The number of carbonyl (C=O) groups is 3. The van der Waals surface area contributed by atoms with Gasteiger partial charge in [0.15, 0.2) is 0 Å². The fraction of sp³-hybridized carbons (Fsp3) is 0.278. The molecule has 0 aliphatic carbocycles. The van der Waals surface area contributed by atoms with Crippen LogP contribution < -0.4 is 15.8 Å². The third-order valence-electron chi connectivity index (χ3n) is 3.95. The van der Waals surface area contributed by atoms with E-state index >= 15 is 0 Å². The number of benzene rings is 2. The summed E-state index contributed by atoms with van der Waals surface area (Å²) >= 11 is 0. The lowest BCUT2D eigenvalue weighted by Gasteiger charge is -2.09. The van der Waals surface area contributed by atoms with Crippen LogP contribution in [0.15, 0.2) is 47.4 Å². The molecule has 0 radical (unpaired) electrons. The Bertz CT molecular complexity index is 990. The molecule has 0 saturated heterocycles. The second kappa shape index (κ2) is 9.29. The fourth-order valence-electron chi connectivity index (χ4n) is 2.40. The highest BCUT2D eigenvalue weighted by atomic mass is 32.2. The molecule has 0 aromatic heterocycles. The van der Waals surface area contributed by atoms with Gasteiger partial charge in [0.25, 0.3) is 10.0 Å². The first-order valence-electron chi connectivity index (χ1n) is 8.48. The zero-order chi connectivity index (χ0) is 20.7. The minimum Gasteiger partial charge on any atom is -0.480 e. The molecule has 0 aliphatic heterocycles. The van der Waals surface area contributed by atoms with Gasteiger partial charge in [0.05, 0.1) is 4.90 Å². The summed E-state index contributed by atoms with van der Waals surface area (Å²) in [6.07, 6.45) is -0.519. The van der Waals surface area contributed by atoms with E-state index < -0.39 is 33.8 Å². The molecule has 0 saturated carbocycles. The van der Waals surface area contributed by atoms with E-state index in [4.69, 9.17) is 10.8 Å². The van der Waals surface area contributed by atoms with Gasteiger partial charge in [-0.15, -0.1) is 0 Å². The van der Waals surface area contributed by atoms with E-state index in [0.717, 1.165) is 10.8 Å². The summed E-state index contributed by atoms with van der Waals surface area (Å²) in [4.78, 5) is 34.1. The van der Waals surface area contributed by atoms with E-state index in [2.05, 4.69) is 5.32 Å². The number of aliphatic carboxylic acids is 1. The van der Waals surface area contributed by atoms with Crippen LogP contribution in [0.4, 0.5) is 0 Å². The van der Waals surface area contributed by atoms with Gasteiger partial charge in [-0.25, -0.2) is 13.1 Å². The Morgan fingerprint density at radius 2 is 1.64 bits per heavy atom. The minimum atomic E-state index is -4.05. The number of hydrogen-bond acceptors (Lipinski definition) is 6. The topological polar surface area (TPSA) is 156 Å². The van der Waals surface area contributed by atoms with Gasteiger partial charge in [-0.05, 0) is 29.3 Å². The monoisotopic (exact) mass is 407 g/mol. The van der Waals surface area contributed by atoms with Crippen LogP contribution in [-0.4, -0.2) is 43.9 Å². The molecule has 0 spiro atoms. The van der Waals surface area contributed by atoms with Crippen LogP contribution in [-0.2, 0) is 24.4 Å². The Kier molecular flexibility index (Phi) is 7.07. The number of carboxylic acids is 1. The molecule has 10 heteroatoms. The number of carbonyl (C=O) groups excluding carboxylic acids is 2. The smallest absolute Gasteiger partial charge is 0.320 e. The highest BCUT2D eigenvalue weighted by molar-refractivity contribution is 7.90. The minimum absolute atomic E-state index is 0.0449. The average molecular weight is 407 g/mol. The van der Waals surface area contributed by atoms with Crippen LogP contribution in [0.3, 0.4) is 0 Å². The van der Waals surface area contributed by atoms with Gasteiger partial charge in [-0.2, -0.15) is 0 Å². The van der Waals surface area contributed by atoms with Crippen LogP contribution in [0.1, 0.15) is 19.3 Å². The highest BCUT2D eigenvalue weighted by Gasteiger charge is 2.19. The van der Waals surface area contributed by atoms with E-state index in [0.29, 0.717) is 0 Å². The molecule has 2 amide bonds. The molecule has 2 aromatic rings. The Morgan fingerprint density at radius 3 is 2.32 bits per heavy atom. The van der Waals surface area contributed by atoms with Gasteiger partial charge >= 0.3 is 5.97 Å². The normalized spacial score (nSPS) is 12.3. The van der Waals surface area contributed by atoms with Gasteiger partial charge in [0.1, 0.15) is 6.04 Å². The number of nitrogens with two attached hydrogens (primary N) is 1. The van der Waals surface area contributed by atoms with Gasteiger partial charge < -0.3 is 16.2 Å². The van der Waals surface area contributed by atoms with E-state index in [1.807, 2.05) is 16.9 Å². The number of nitrogens with one attached hydrogen (secondary N) is 2. The maximum Gasteiger partial charge on any atom is 0.320 e. The predicted molar refractivity (Wildman–Crippen MR) is 102 cm³/mol. The lowest BCUT2D eigenvalue weighted by Crippen LogP contribution is -2.36. The maximum atomic E-state index is 12.3. The molecule has 0 fully saturated rings. The second-order valence-electron chi connectivity index (χ2n) is 6.12. The molecular formula is C18H21N3O6S. The van der Waals surface area contributed by atoms with E-state index in [1.54, 1.807) is 18.2 Å². The zero-order valence-corrected chi connectivity index (χ0v) is 15.7. The van der Waals surface area contributed by atoms with Gasteiger partial charge in [0.2, 0.25) is 11.8 Å². The first-order valence-corrected chi connectivity index (χ1v) is 9.97. The molecule has 0 bridgehead atoms. The van der Waals surface area contributed by atoms with E-state index in [9.17, 15) is 22.8 Å². The highest BCUT2D eigenvalue weighted by Crippen LogP contribution is 2.18. The van der Waals surface area contributed by atoms with E-state index in [-0.39, 0.29) is 30.7 Å². The van der Waals surface area contributed by atoms with Crippen molar-refractivity contribution in [2.24, 2.45) is 5.73 Å². The molecule has 9 nitrogen and oxygen atoms in total. The third kappa shape index (κ3) is 6.03. The van der Waals surface area contributed by atoms with Crippen LogP contribution in [0.5, 0.6) is 0 Å². The molecule has 0 heterocycles. The van der Waals surface area contributed by atoms with Crippen molar-refractivity contribution in [1.29, 1.82) is 0 Å². The number of amides is 2. The summed E-state index contributed by atoms with van der Waals surface area (Å²) in [5.74, 6) is -2.49. The van der Waals surface area contributed by atoms with Crippen LogP contribution in [0.2, 0.25) is 0 Å². The molecule has 28 heavy (non-hydrogen) atoms. The average Bonchev–Trinajstić information content (AvgIpc) is 2.65. The summed E-state index contributed by atoms with van der Waals surface area (Å²) in [6, 6.07) is 10.6. The molecule has 0 unspecified atom stereocenters. The lowest BCUT2D eigenvalue weighted by atomic mass is 10.1. The number of rotatable bonds is 9. The summed E-state index contributed by atoms with van der Waals surface area (Å²) in [5.41, 5.74) is 5.30. The largest absolute Gasteiger partial charge is 0.480 e. The molecular weight excluding hydrogens is 386 g/mol. The first kappa shape index (κ1) is 21.3. The zero-order valence-electron chi connectivity index (χ0n) is 14.9. The standard InChI is InChI=1S/C18H21N3O6S/c19-15(18(24)25)9-10-20-16(22)7-8-17(23)21-28(26,27)14-6-5-12-3-1-2-4-13(12)11-14/h1-6,11,15H,7-10,19H2,(H,20,22)(H,21,23)(H,24,25)/t15-/m0/s1. The fourth-order valence-corrected chi connectivity index (χ4v) is 3.45. The van der Waals surface area contributed by atoms with E-state index in [1.165, 1.54) is 12.1 Å². The van der Waals surface area contributed by atoms with Crippen molar-refractivity contribution >= 4 is 38.6 Å². The second-order valence-corrected chi connectivity index (χ2v) is 7.80. The number of sulfonamides is 1. The Balaban J connectivity index is 1.85. The SMILES string of the molecule is N[C@@H](CCNC(=O)CCC(=O)NS(=O)(=O)c1ccc2ccccc2c1)C(=O)O. The van der Waals surface area contributed by atoms with Crippen molar-refractivity contribution in [2.45, 2.75) is 30.2 Å². The quantitative estimate of drug-likeness (QED) is 0.467. The summed E-state index contributed by atoms with van der Waals surface area (Å²) in [6.45, 7) is 0.0449. The number of fused-ring (bicyclic) bond motifs is 1. The van der Waals surface area contributed by atoms with Crippen molar-refractivity contribution < 1.29 is 27.9 Å². The molecule has 0 aliphatic rings.